The summed E-state index contributed by atoms with van der Waals surface area (Å²) in [5.41, 5.74) is 1.01. The Hall–Kier alpha value is -4.88. The average Bonchev–Trinajstić information content (AvgIpc) is 3.62. The second-order valence-corrected chi connectivity index (χ2v) is 15.6. The lowest BCUT2D eigenvalue weighted by atomic mass is 9.90. The number of piperidine rings is 2. The number of rotatable bonds is 10. The Bertz CT molecular complexity index is 2060. The first-order chi connectivity index (χ1) is 26.7. The van der Waals surface area contributed by atoms with Gasteiger partial charge in [0, 0.05) is 81.9 Å². The second kappa shape index (κ2) is 16.3. The highest BCUT2D eigenvalue weighted by Crippen LogP contribution is 2.36. The molecular formula is C37H39F6N9O3S. The number of carbonyl (C=O) groups excluding carboxylic acids is 2. The molecule has 2 aromatic heterocycles. The summed E-state index contributed by atoms with van der Waals surface area (Å²) < 4.78 is 95.8. The Morgan fingerprint density at radius 3 is 2.30 bits per heavy atom. The van der Waals surface area contributed by atoms with E-state index >= 15 is 0 Å². The largest absolute Gasteiger partial charge is 0.419 e. The summed E-state index contributed by atoms with van der Waals surface area (Å²) in [6, 6.07) is 15.4. The number of alkyl halides is 6. The normalized spacial score (nSPS) is 19.9. The minimum Gasteiger partial charge on any atom is -0.369 e. The third-order valence-electron chi connectivity index (χ3n) is 10.1. The third kappa shape index (κ3) is 9.55. The fourth-order valence-electron chi connectivity index (χ4n) is 7.24. The summed E-state index contributed by atoms with van der Waals surface area (Å²) in [5.74, 6) is -0.899. The van der Waals surface area contributed by atoms with Gasteiger partial charge in [-0.25, -0.2) is 18.5 Å². The van der Waals surface area contributed by atoms with Crippen LogP contribution in [-0.2, 0) is 39.8 Å². The van der Waals surface area contributed by atoms with Crippen LogP contribution >= 0.6 is 0 Å². The predicted molar refractivity (Wildman–Crippen MR) is 194 cm³/mol. The van der Waals surface area contributed by atoms with Gasteiger partial charge in [0.15, 0.2) is 0 Å². The zero-order valence-corrected chi connectivity index (χ0v) is 30.8. The maximum Gasteiger partial charge on any atom is 0.419 e. The molecule has 3 aliphatic rings. The Morgan fingerprint density at radius 2 is 1.62 bits per heavy atom. The van der Waals surface area contributed by atoms with Gasteiger partial charge in [-0.05, 0) is 54.7 Å². The number of halogens is 6. The predicted octanol–water partition coefficient (Wildman–Crippen LogP) is 5.36. The molecular weight excluding hydrogens is 765 g/mol. The van der Waals surface area contributed by atoms with Crippen LogP contribution in [0.15, 0.2) is 72.0 Å². The SMILES string of the molecule is O=C1CCC(c2ccc(N3CCN(Cc4cccc(S(=O)N5CCC(Nc6ncc(C(F)(F)F)c(-c7cnn(CC(F)(F)F)c7)n6)CC5)c4)CC3)cc2)C(=O)N1. The number of benzene rings is 2. The number of carbonyl (C=O) groups is 2. The highest BCUT2D eigenvalue weighted by atomic mass is 32.2. The lowest BCUT2D eigenvalue weighted by Crippen LogP contribution is -2.46. The number of piperazine rings is 1. The van der Waals surface area contributed by atoms with Crippen molar-refractivity contribution in [2.24, 2.45) is 0 Å². The van der Waals surface area contributed by atoms with E-state index in [9.17, 15) is 40.1 Å². The molecule has 19 heteroatoms. The summed E-state index contributed by atoms with van der Waals surface area (Å²) >= 11 is 0. The molecule has 2 N–H and O–H groups in total. The van der Waals surface area contributed by atoms with E-state index in [0.29, 0.717) is 61.1 Å². The molecule has 2 atom stereocenters. The van der Waals surface area contributed by atoms with Crippen LogP contribution in [0.5, 0.6) is 0 Å². The summed E-state index contributed by atoms with van der Waals surface area (Å²) in [7, 11) is -1.44. The van der Waals surface area contributed by atoms with Crippen LogP contribution < -0.4 is 15.5 Å². The number of anilines is 2. The molecule has 0 aliphatic carbocycles. The van der Waals surface area contributed by atoms with Gasteiger partial charge >= 0.3 is 12.4 Å². The van der Waals surface area contributed by atoms with Gasteiger partial charge in [-0.15, -0.1) is 0 Å². The number of nitrogens with zero attached hydrogens (tertiary/aromatic N) is 7. The van der Waals surface area contributed by atoms with Crippen molar-refractivity contribution in [3.8, 4) is 11.3 Å². The van der Waals surface area contributed by atoms with Crippen molar-refractivity contribution in [2.45, 2.75) is 68.0 Å². The Kier molecular flexibility index (Phi) is 11.5. The van der Waals surface area contributed by atoms with Crippen LogP contribution in [0.3, 0.4) is 0 Å². The van der Waals surface area contributed by atoms with Crippen molar-refractivity contribution < 1.29 is 40.1 Å². The Morgan fingerprint density at radius 1 is 0.893 bits per heavy atom. The molecule has 56 heavy (non-hydrogen) atoms. The standard InChI is InChI=1S/C37H39F6N9O3S/c38-36(39,40)23-51-22-26(19-45-51)33-31(37(41,42)43)20-44-35(48-33)46-27-10-12-52(13-11-27)56(55)29-3-1-2-24(18-29)21-49-14-16-50(17-15-49)28-6-4-25(5-7-28)30-8-9-32(53)47-34(30)54/h1-7,18-20,22,27,30H,8-17,21,23H2,(H,44,46,48)(H,47,53,54). The molecule has 0 bridgehead atoms. The number of hydrogen-bond donors (Lipinski definition) is 2. The van der Waals surface area contributed by atoms with Crippen LogP contribution in [0.2, 0.25) is 0 Å². The first-order valence-corrected chi connectivity index (χ1v) is 19.3. The summed E-state index contributed by atoms with van der Waals surface area (Å²) in [5, 5.41) is 9.01. The molecule has 3 saturated heterocycles. The van der Waals surface area contributed by atoms with Crippen LogP contribution in [-0.4, -0.2) is 96.5 Å². The maximum atomic E-state index is 13.8. The van der Waals surface area contributed by atoms with E-state index in [1.165, 1.54) is 0 Å². The zero-order chi connectivity index (χ0) is 39.6. The molecule has 0 saturated carbocycles. The topological polar surface area (TPSA) is 129 Å². The molecule has 2 unspecified atom stereocenters. The summed E-state index contributed by atoms with van der Waals surface area (Å²) in [6.07, 6.45) is -5.22. The van der Waals surface area contributed by atoms with E-state index in [4.69, 9.17) is 0 Å². The number of imide groups is 1. The molecule has 4 aromatic rings. The average molecular weight is 804 g/mol. The fourth-order valence-corrected chi connectivity index (χ4v) is 8.52. The van der Waals surface area contributed by atoms with Crippen LogP contribution in [0.25, 0.3) is 11.3 Å². The minimum absolute atomic E-state index is 0.104. The Labute approximate surface area is 320 Å². The van der Waals surface area contributed by atoms with Gasteiger partial charge in [-0.1, -0.05) is 24.3 Å². The van der Waals surface area contributed by atoms with Gasteiger partial charge < -0.3 is 10.2 Å². The molecule has 3 aliphatic heterocycles. The van der Waals surface area contributed by atoms with Crippen LogP contribution in [0, 0.1) is 0 Å². The van der Waals surface area contributed by atoms with Gasteiger partial charge in [-0.3, -0.25) is 24.5 Å². The van der Waals surface area contributed by atoms with Crippen molar-refractivity contribution in [2.75, 3.05) is 49.5 Å². The highest BCUT2D eigenvalue weighted by molar-refractivity contribution is 7.82. The lowest BCUT2D eigenvalue weighted by molar-refractivity contribution is -0.142. The van der Waals surface area contributed by atoms with Gasteiger partial charge in [0.25, 0.3) is 0 Å². The van der Waals surface area contributed by atoms with E-state index in [0.717, 1.165) is 55.4 Å². The summed E-state index contributed by atoms with van der Waals surface area (Å²) in [6.45, 7) is 3.39. The van der Waals surface area contributed by atoms with Crippen LogP contribution in [0.1, 0.15) is 48.3 Å². The first kappa shape index (κ1) is 39.4. The molecule has 12 nitrogen and oxygen atoms in total. The van der Waals surface area contributed by atoms with Crippen molar-refractivity contribution in [3.63, 3.8) is 0 Å². The van der Waals surface area contributed by atoms with Crippen molar-refractivity contribution in [1.82, 2.24) is 34.3 Å². The van der Waals surface area contributed by atoms with E-state index in [1.54, 1.807) is 0 Å². The molecule has 0 radical (unpaired) electrons. The van der Waals surface area contributed by atoms with E-state index in [-0.39, 0.29) is 35.3 Å². The zero-order valence-electron chi connectivity index (χ0n) is 30.0. The number of amides is 2. The smallest absolute Gasteiger partial charge is 0.369 e. The summed E-state index contributed by atoms with van der Waals surface area (Å²) in [4.78, 5) is 37.0. The van der Waals surface area contributed by atoms with Crippen LogP contribution in [0.4, 0.5) is 38.0 Å². The quantitative estimate of drug-likeness (QED) is 0.161. The molecule has 2 amide bonds. The lowest BCUT2D eigenvalue weighted by Gasteiger charge is -2.36. The molecule has 3 fully saturated rings. The minimum atomic E-state index is -4.85. The molecule has 298 valence electrons. The van der Waals surface area contributed by atoms with E-state index in [1.807, 2.05) is 52.8 Å². The maximum absolute atomic E-state index is 13.8. The van der Waals surface area contributed by atoms with Gasteiger partial charge in [0.05, 0.1) is 22.7 Å². The van der Waals surface area contributed by atoms with Crippen molar-refractivity contribution in [1.29, 1.82) is 0 Å². The fraction of sp³-hybridized carbons (Fsp3) is 0.432. The molecule has 7 rings (SSSR count). The van der Waals surface area contributed by atoms with Crippen molar-refractivity contribution >= 4 is 34.4 Å². The number of nitrogens with one attached hydrogen (secondary N) is 2. The van der Waals surface area contributed by atoms with Gasteiger partial charge in [0.2, 0.25) is 17.8 Å². The molecule has 0 spiro atoms. The number of hydrogen-bond acceptors (Lipinski definition) is 9. The monoisotopic (exact) mass is 803 g/mol. The second-order valence-electron chi connectivity index (χ2n) is 14.1. The van der Waals surface area contributed by atoms with E-state index in [2.05, 4.69) is 35.5 Å². The Balaban J connectivity index is 0.904. The highest BCUT2D eigenvalue weighted by Gasteiger charge is 2.37. The van der Waals surface area contributed by atoms with Gasteiger partial charge in [0.1, 0.15) is 23.1 Å². The third-order valence-corrected chi connectivity index (χ3v) is 11.6. The van der Waals surface area contributed by atoms with E-state index < -0.39 is 41.1 Å². The number of aromatic nitrogens is 4. The molecule has 2 aromatic carbocycles. The van der Waals surface area contributed by atoms with Crippen molar-refractivity contribution in [3.05, 3.63) is 83.8 Å². The first-order valence-electron chi connectivity index (χ1n) is 18.2. The molecule has 5 heterocycles. The van der Waals surface area contributed by atoms with Gasteiger partial charge in [-0.2, -0.15) is 31.4 Å².